The number of nitrogens with one attached hydrogen (secondary N) is 2. The predicted octanol–water partition coefficient (Wildman–Crippen LogP) is 3.09. The van der Waals surface area contributed by atoms with E-state index >= 15 is 0 Å². The molecule has 1 saturated heterocycles. The lowest BCUT2D eigenvalue weighted by Crippen LogP contribution is -2.37. The van der Waals surface area contributed by atoms with Gasteiger partial charge in [-0.05, 0) is 68.9 Å². The van der Waals surface area contributed by atoms with Gasteiger partial charge in [0.05, 0.1) is 6.61 Å². The second kappa shape index (κ2) is 9.05. The number of amides is 1. The first kappa shape index (κ1) is 22.2. The first-order chi connectivity index (χ1) is 17.0. The van der Waals surface area contributed by atoms with Gasteiger partial charge < -0.3 is 15.0 Å². The van der Waals surface area contributed by atoms with E-state index in [0.717, 1.165) is 61.9 Å². The molecule has 2 saturated carbocycles. The van der Waals surface area contributed by atoms with Gasteiger partial charge in [0, 0.05) is 42.3 Å². The Kier molecular flexibility index (Phi) is 5.74. The molecule has 2 N–H and O–H groups in total. The highest BCUT2D eigenvalue weighted by molar-refractivity contribution is 5.91. The summed E-state index contributed by atoms with van der Waals surface area (Å²) in [7, 11) is 0. The standard InChI is InChI=1S/C25H32N8O2/c1-14-12-18(14)13-35-25-29-22(23(34)27-15(2)16-5-6-16)28-24(30-25)33-10-7-17(8-11-33)20-19-4-3-9-26-21(19)32-31-20/h3-4,9,14-18H,5-8,10-13H2,1-2H3,(H,27,34)(H,26,31,32)/t14-,15-,18-/m1/s1. The van der Waals surface area contributed by atoms with Gasteiger partial charge >= 0.3 is 6.01 Å². The van der Waals surface area contributed by atoms with Gasteiger partial charge in [-0.25, -0.2) is 4.98 Å². The predicted molar refractivity (Wildman–Crippen MR) is 130 cm³/mol. The number of anilines is 1. The Labute approximate surface area is 204 Å². The van der Waals surface area contributed by atoms with E-state index in [1.165, 1.54) is 0 Å². The molecule has 3 aromatic heterocycles. The molecular formula is C25H32N8O2. The van der Waals surface area contributed by atoms with Gasteiger partial charge in [0.2, 0.25) is 11.8 Å². The maximum Gasteiger partial charge on any atom is 0.321 e. The SMILES string of the molecule is C[C@@H]1C[C@@H]1COc1nc(C(=O)N[C@H](C)C2CC2)nc(N2CCC(c3[nH]nc4ncccc34)CC2)n1. The molecule has 3 aliphatic rings. The van der Waals surface area contributed by atoms with Crippen LogP contribution >= 0.6 is 0 Å². The number of carbonyl (C=O) groups is 1. The van der Waals surface area contributed by atoms with Crippen molar-refractivity contribution >= 4 is 22.9 Å². The Morgan fingerprint density at radius 1 is 1.23 bits per heavy atom. The molecule has 3 aromatic rings. The van der Waals surface area contributed by atoms with Gasteiger partial charge in [0.1, 0.15) is 0 Å². The minimum Gasteiger partial charge on any atom is -0.463 e. The normalized spacial score (nSPS) is 23.3. The Morgan fingerprint density at radius 3 is 2.77 bits per heavy atom. The van der Waals surface area contributed by atoms with Gasteiger partial charge in [0.15, 0.2) is 5.65 Å². The van der Waals surface area contributed by atoms with Crippen LogP contribution in [0.2, 0.25) is 0 Å². The van der Waals surface area contributed by atoms with Crippen LogP contribution in [0.25, 0.3) is 11.0 Å². The number of ether oxygens (including phenoxy) is 1. The fourth-order valence-electron chi connectivity index (χ4n) is 5.00. The topological polar surface area (TPSA) is 122 Å². The Morgan fingerprint density at radius 2 is 2.03 bits per heavy atom. The van der Waals surface area contributed by atoms with Gasteiger partial charge in [-0.2, -0.15) is 20.1 Å². The van der Waals surface area contributed by atoms with E-state index in [1.807, 2.05) is 13.0 Å². The van der Waals surface area contributed by atoms with Crippen molar-refractivity contribution in [3.63, 3.8) is 0 Å². The smallest absolute Gasteiger partial charge is 0.321 e. The van der Waals surface area contributed by atoms with E-state index in [1.54, 1.807) is 6.20 Å². The Balaban J connectivity index is 1.18. The van der Waals surface area contributed by atoms with Crippen molar-refractivity contribution in [2.45, 2.75) is 57.9 Å². The molecule has 35 heavy (non-hydrogen) atoms. The zero-order valence-electron chi connectivity index (χ0n) is 20.3. The van der Waals surface area contributed by atoms with Crippen molar-refractivity contribution in [3.8, 4) is 6.01 Å². The summed E-state index contributed by atoms with van der Waals surface area (Å²) in [5, 5.41) is 11.7. The second-order valence-electron chi connectivity index (χ2n) is 10.4. The highest BCUT2D eigenvalue weighted by Gasteiger charge is 2.34. The summed E-state index contributed by atoms with van der Waals surface area (Å²) in [6.45, 7) is 6.38. The summed E-state index contributed by atoms with van der Waals surface area (Å²) < 4.78 is 5.93. The van der Waals surface area contributed by atoms with Crippen LogP contribution in [-0.2, 0) is 0 Å². The molecule has 0 bridgehead atoms. The molecule has 4 heterocycles. The van der Waals surface area contributed by atoms with Crippen LogP contribution in [0.1, 0.15) is 68.2 Å². The van der Waals surface area contributed by atoms with Crippen LogP contribution in [-0.4, -0.2) is 61.8 Å². The molecule has 184 valence electrons. The van der Waals surface area contributed by atoms with Gasteiger partial charge in [-0.15, -0.1) is 0 Å². The largest absolute Gasteiger partial charge is 0.463 e. The van der Waals surface area contributed by atoms with Crippen LogP contribution in [0, 0.1) is 17.8 Å². The lowest BCUT2D eigenvalue weighted by Gasteiger charge is -2.31. The van der Waals surface area contributed by atoms with Crippen molar-refractivity contribution in [3.05, 3.63) is 29.8 Å². The van der Waals surface area contributed by atoms with Crippen LogP contribution < -0.4 is 15.0 Å². The van der Waals surface area contributed by atoms with Crippen LogP contribution in [0.4, 0.5) is 5.95 Å². The maximum absolute atomic E-state index is 13.0. The summed E-state index contributed by atoms with van der Waals surface area (Å²) >= 11 is 0. The Bertz CT molecular complexity index is 1220. The van der Waals surface area contributed by atoms with Crippen LogP contribution in [0.3, 0.4) is 0 Å². The van der Waals surface area contributed by atoms with E-state index in [4.69, 9.17) is 4.74 Å². The molecule has 0 aromatic carbocycles. The van der Waals surface area contributed by atoms with Crippen LogP contribution in [0.15, 0.2) is 18.3 Å². The van der Waals surface area contributed by atoms with Gasteiger partial charge in [-0.1, -0.05) is 6.92 Å². The molecule has 2 aliphatic carbocycles. The first-order valence-corrected chi connectivity index (χ1v) is 12.8. The molecular weight excluding hydrogens is 444 g/mol. The monoisotopic (exact) mass is 476 g/mol. The number of aromatic nitrogens is 6. The molecule has 6 rings (SSSR count). The Hall–Kier alpha value is -3.30. The van der Waals surface area contributed by atoms with Crippen molar-refractivity contribution in [1.82, 2.24) is 35.5 Å². The van der Waals surface area contributed by atoms with E-state index in [-0.39, 0.29) is 23.8 Å². The van der Waals surface area contributed by atoms with E-state index < -0.39 is 0 Å². The highest BCUT2D eigenvalue weighted by atomic mass is 16.5. The minimum absolute atomic E-state index is 0.119. The number of H-pyrrole nitrogens is 1. The molecule has 1 amide bonds. The summed E-state index contributed by atoms with van der Waals surface area (Å²) in [4.78, 5) is 33.0. The van der Waals surface area contributed by atoms with E-state index in [0.29, 0.717) is 36.2 Å². The number of pyridine rings is 1. The maximum atomic E-state index is 13.0. The number of aromatic amines is 1. The fourth-order valence-corrected chi connectivity index (χ4v) is 5.00. The van der Waals surface area contributed by atoms with Gasteiger partial charge in [0.25, 0.3) is 5.91 Å². The lowest BCUT2D eigenvalue weighted by atomic mass is 9.92. The second-order valence-corrected chi connectivity index (χ2v) is 10.4. The number of piperidine rings is 1. The molecule has 3 atom stereocenters. The highest BCUT2D eigenvalue weighted by Crippen LogP contribution is 2.38. The van der Waals surface area contributed by atoms with Gasteiger partial charge in [-0.3, -0.25) is 9.89 Å². The third-order valence-corrected chi connectivity index (χ3v) is 7.74. The quantitative estimate of drug-likeness (QED) is 0.509. The van der Waals surface area contributed by atoms with E-state index in [2.05, 4.69) is 53.3 Å². The average molecular weight is 477 g/mol. The summed E-state index contributed by atoms with van der Waals surface area (Å²) in [5.74, 6) is 2.51. The number of hydrogen-bond donors (Lipinski definition) is 2. The number of carbonyl (C=O) groups excluding carboxylic acids is 1. The van der Waals surface area contributed by atoms with Crippen LogP contribution in [0.5, 0.6) is 6.01 Å². The number of hydrogen-bond acceptors (Lipinski definition) is 8. The molecule has 1 aliphatic heterocycles. The average Bonchev–Trinajstić information content (AvgIpc) is 3.81. The fraction of sp³-hybridized carbons (Fsp3) is 0.600. The molecule has 0 radical (unpaired) electrons. The summed E-state index contributed by atoms with van der Waals surface area (Å²) in [6.07, 6.45) is 7.10. The number of nitrogens with zero attached hydrogens (tertiary/aromatic N) is 6. The number of fused-ring (bicyclic) bond motifs is 1. The zero-order valence-corrected chi connectivity index (χ0v) is 20.3. The van der Waals surface area contributed by atoms with Crippen molar-refractivity contribution < 1.29 is 9.53 Å². The third kappa shape index (κ3) is 4.78. The van der Waals surface area contributed by atoms with Crippen molar-refractivity contribution in [2.75, 3.05) is 24.6 Å². The lowest BCUT2D eigenvalue weighted by molar-refractivity contribution is 0.0923. The van der Waals surface area contributed by atoms with E-state index in [9.17, 15) is 4.79 Å². The molecule has 10 heteroatoms. The molecule has 3 fully saturated rings. The van der Waals surface area contributed by atoms with Crippen molar-refractivity contribution in [2.24, 2.45) is 17.8 Å². The zero-order chi connectivity index (χ0) is 23.9. The summed E-state index contributed by atoms with van der Waals surface area (Å²) in [6, 6.07) is 4.37. The van der Waals surface area contributed by atoms with Crippen molar-refractivity contribution in [1.29, 1.82) is 0 Å². The number of rotatable bonds is 8. The third-order valence-electron chi connectivity index (χ3n) is 7.74. The molecule has 0 unspecified atom stereocenters. The first-order valence-electron chi connectivity index (χ1n) is 12.8. The molecule has 0 spiro atoms. The summed E-state index contributed by atoms with van der Waals surface area (Å²) in [5.41, 5.74) is 1.89. The minimum atomic E-state index is -0.260. The molecule has 10 nitrogen and oxygen atoms in total.